The third kappa shape index (κ3) is 5.75. The molecular formula is C21H31FN4O2. The zero-order valence-corrected chi connectivity index (χ0v) is 16.7. The van der Waals surface area contributed by atoms with Gasteiger partial charge in [0.15, 0.2) is 0 Å². The second-order valence-corrected chi connectivity index (χ2v) is 7.77. The van der Waals surface area contributed by atoms with Crippen molar-refractivity contribution in [1.29, 1.82) is 0 Å². The van der Waals surface area contributed by atoms with Crippen LogP contribution in [0.25, 0.3) is 0 Å². The minimum absolute atomic E-state index is 0.0258. The number of piperidine rings is 1. The molecule has 2 aliphatic heterocycles. The Kier molecular flexibility index (Phi) is 7.39. The Morgan fingerprint density at radius 3 is 2.29 bits per heavy atom. The van der Waals surface area contributed by atoms with Crippen molar-refractivity contribution in [3.05, 3.63) is 35.6 Å². The van der Waals surface area contributed by atoms with E-state index < -0.39 is 0 Å². The maximum Gasteiger partial charge on any atom is 0.237 e. The van der Waals surface area contributed by atoms with E-state index in [1.165, 1.54) is 18.6 Å². The van der Waals surface area contributed by atoms with E-state index in [9.17, 15) is 14.0 Å². The van der Waals surface area contributed by atoms with E-state index in [-0.39, 0.29) is 23.7 Å². The van der Waals surface area contributed by atoms with Crippen LogP contribution in [0.5, 0.6) is 0 Å². The number of nitrogens with one attached hydrogen (secondary N) is 1. The van der Waals surface area contributed by atoms with Gasteiger partial charge in [-0.05, 0) is 43.9 Å². The van der Waals surface area contributed by atoms with Crippen LogP contribution in [0.4, 0.5) is 4.39 Å². The van der Waals surface area contributed by atoms with Crippen molar-refractivity contribution in [2.45, 2.75) is 38.8 Å². The molecule has 1 N–H and O–H groups in total. The summed E-state index contributed by atoms with van der Waals surface area (Å²) in [5.41, 5.74) is 0.878. The number of amides is 2. The lowest BCUT2D eigenvalue weighted by Crippen LogP contribution is -2.55. The average Bonchev–Trinajstić information content (AvgIpc) is 2.73. The number of hydrogen-bond donors (Lipinski definition) is 1. The van der Waals surface area contributed by atoms with E-state index in [1.807, 2.05) is 11.8 Å². The molecule has 2 amide bonds. The third-order valence-electron chi connectivity index (χ3n) is 5.78. The van der Waals surface area contributed by atoms with Crippen molar-refractivity contribution >= 4 is 11.8 Å². The fraction of sp³-hybridized carbons (Fsp3) is 0.619. The Hall–Kier alpha value is -1.99. The second-order valence-electron chi connectivity index (χ2n) is 7.77. The first-order valence-electron chi connectivity index (χ1n) is 10.3. The van der Waals surface area contributed by atoms with Gasteiger partial charge in [0, 0.05) is 45.8 Å². The zero-order valence-electron chi connectivity index (χ0n) is 16.7. The molecule has 2 heterocycles. The standard InChI is InChI=1S/C21H31FN4O2/c1-17(21(28)23-15-18-5-7-19(22)8-6-18)25-13-11-24(12-14-25)16-20(27)26-9-3-2-4-10-26/h5-8,17H,2-4,9-16H2,1H3,(H,23,28)/t17-/m0/s1. The lowest BCUT2D eigenvalue weighted by Gasteiger charge is -2.38. The summed E-state index contributed by atoms with van der Waals surface area (Å²) in [7, 11) is 0. The van der Waals surface area contributed by atoms with Gasteiger partial charge in [0.25, 0.3) is 0 Å². The maximum absolute atomic E-state index is 13.0. The molecule has 2 fully saturated rings. The van der Waals surface area contributed by atoms with E-state index >= 15 is 0 Å². The molecule has 1 atom stereocenters. The summed E-state index contributed by atoms with van der Waals surface area (Å²) in [5, 5.41) is 2.92. The molecule has 6 nitrogen and oxygen atoms in total. The molecule has 2 aliphatic rings. The van der Waals surface area contributed by atoms with Crippen LogP contribution in [0, 0.1) is 5.82 Å². The fourth-order valence-electron chi connectivity index (χ4n) is 3.85. The number of benzene rings is 1. The Labute approximate surface area is 166 Å². The summed E-state index contributed by atoms with van der Waals surface area (Å²) in [6.45, 7) is 7.73. The van der Waals surface area contributed by atoms with Gasteiger partial charge in [0.2, 0.25) is 11.8 Å². The second kappa shape index (κ2) is 9.98. The van der Waals surface area contributed by atoms with Crippen LogP contribution in [0.2, 0.25) is 0 Å². The first-order chi connectivity index (χ1) is 13.5. The molecule has 2 saturated heterocycles. The molecule has 0 radical (unpaired) electrons. The minimum Gasteiger partial charge on any atom is -0.351 e. The van der Waals surface area contributed by atoms with Crippen molar-refractivity contribution in [3.63, 3.8) is 0 Å². The molecule has 7 heteroatoms. The normalized spacial score (nSPS) is 20.0. The fourth-order valence-corrected chi connectivity index (χ4v) is 3.85. The topological polar surface area (TPSA) is 55.9 Å². The van der Waals surface area contributed by atoms with Crippen LogP contribution in [-0.2, 0) is 16.1 Å². The monoisotopic (exact) mass is 390 g/mol. The largest absolute Gasteiger partial charge is 0.351 e. The number of carbonyl (C=O) groups is 2. The Bertz CT molecular complexity index is 653. The summed E-state index contributed by atoms with van der Waals surface area (Å²) >= 11 is 0. The predicted molar refractivity (Wildman–Crippen MR) is 106 cm³/mol. The zero-order chi connectivity index (χ0) is 19.9. The number of likely N-dealkylation sites (tertiary alicyclic amines) is 1. The van der Waals surface area contributed by atoms with Gasteiger partial charge >= 0.3 is 0 Å². The first kappa shape index (κ1) is 20.7. The quantitative estimate of drug-likeness (QED) is 0.799. The van der Waals surface area contributed by atoms with E-state index in [0.29, 0.717) is 13.1 Å². The Morgan fingerprint density at radius 2 is 1.64 bits per heavy atom. The van der Waals surface area contributed by atoms with Crippen molar-refractivity contribution in [2.75, 3.05) is 45.8 Å². The molecule has 3 rings (SSSR count). The molecule has 0 aliphatic carbocycles. The highest BCUT2D eigenvalue weighted by molar-refractivity contribution is 5.81. The van der Waals surface area contributed by atoms with Crippen LogP contribution in [0.3, 0.4) is 0 Å². The maximum atomic E-state index is 13.0. The molecule has 0 saturated carbocycles. The average molecular weight is 391 g/mol. The molecule has 28 heavy (non-hydrogen) atoms. The third-order valence-corrected chi connectivity index (χ3v) is 5.78. The van der Waals surface area contributed by atoms with Crippen molar-refractivity contribution in [1.82, 2.24) is 20.0 Å². The molecule has 0 unspecified atom stereocenters. The number of carbonyl (C=O) groups excluding carboxylic acids is 2. The van der Waals surface area contributed by atoms with E-state index in [2.05, 4.69) is 15.1 Å². The lowest BCUT2D eigenvalue weighted by molar-refractivity contribution is -0.134. The van der Waals surface area contributed by atoms with Gasteiger partial charge in [-0.2, -0.15) is 0 Å². The molecular weight excluding hydrogens is 359 g/mol. The van der Waals surface area contributed by atoms with Crippen LogP contribution in [0.1, 0.15) is 31.7 Å². The molecule has 1 aromatic carbocycles. The van der Waals surface area contributed by atoms with Gasteiger partial charge < -0.3 is 10.2 Å². The molecule has 0 spiro atoms. The van der Waals surface area contributed by atoms with Gasteiger partial charge in [0.05, 0.1) is 12.6 Å². The number of piperazine rings is 1. The van der Waals surface area contributed by atoms with Crippen molar-refractivity contribution in [2.24, 2.45) is 0 Å². The first-order valence-corrected chi connectivity index (χ1v) is 10.3. The van der Waals surface area contributed by atoms with E-state index in [1.54, 1.807) is 12.1 Å². The molecule has 0 aromatic heterocycles. The van der Waals surface area contributed by atoms with Crippen LogP contribution in [-0.4, -0.2) is 78.4 Å². The number of nitrogens with zero attached hydrogens (tertiary/aromatic N) is 3. The van der Waals surface area contributed by atoms with Gasteiger partial charge in [-0.1, -0.05) is 12.1 Å². The highest BCUT2D eigenvalue weighted by Gasteiger charge is 2.27. The highest BCUT2D eigenvalue weighted by atomic mass is 19.1. The summed E-state index contributed by atoms with van der Waals surface area (Å²) < 4.78 is 13.0. The Balaban J connectivity index is 1.39. The summed E-state index contributed by atoms with van der Waals surface area (Å²) in [4.78, 5) is 31.2. The highest BCUT2D eigenvalue weighted by Crippen LogP contribution is 2.11. The molecule has 154 valence electrons. The number of hydrogen-bond acceptors (Lipinski definition) is 4. The van der Waals surface area contributed by atoms with Gasteiger partial charge in [-0.3, -0.25) is 19.4 Å². The van der Waals surface area contributed by atoms with Crippen molar-refractivity contribution < 1.29 is 14.0 Å². The SMILES string of the molecule is C[C@@H](C(=O)NCc1ccc(F)cc1)N1CCN(CC(=O)N2CCCCC2)CC1. The smallest absolute Gasteiger partial charge is 0.237 e. The summed E-state index contributed by atoms with van der Waals surface area (Å²) in [6, 6.07) is 5.93. The van der Waals surface area contributed by atoms with Crippen LogP contribution < -0.4 is 5.32 Å². The van der Waals surface area contributed by atoms with Gasteiger partial charge in [-0.25, -0.2) is 4.39 Å². The van der Waals surface area contributed by atoms with Crippen LogP contribution in [0.15, 0.2) is 24.3 Å². The van der Waals surface area contributed by atoms with Crippen LogP contribution >= 0.6 is 0 Å². The van der Waals surface area contributed by atoms with Crippen molar-refractivity contribution in [3.8, 4) is 0 Å². The van der Waals surface area contributed by atoms with Gasteiger partial charge in [-0.15, -0.1) is 0 Å². The summed E-state index contributed by atoms with van der Waals surface area (Å²) in [6.07, 6.45) is 3.46. The summed E-state index contributed by atoms with van der Waals surface area (Å²) in [5.74, 6) is -0.0690. The number of rotatable bonds is 6. The predicted octanol–water partition coefficient (Wildman–Crippen LogP) is 1.46. The lowest BCUT2D eigenvalue weighted by atomic mass is 10.1. The minimum atomic E-state index is -0.278. The van der Waals surface area contributed by atoms with E-state index in [0.717, 1.165) is 57.7 Å². The molecule has 0 bridgehead atoms. The van der Waals surface area contributed by atoms with Gasteiger partial charge in [0.1, 0.15) is 5.82 Å². The molecule has 1 aromatic rings. The Morgan fingerprint density at radius 1 is 1.00 bits per heavy atom. The number of halogens is 1. The van der Waals surface area contributed by atoms with E-state index in [4.69, 9.17) is 0 Å².